The minimum absolute atomic E-state index is 0.552. The molecule has 0 saturated carbocycles. The van der Waals surface area contributed by atoms with Gasteiger partial charge in [0.2, 0.25) is 0 Å². The lowest BCUT2D eigenvalue weighted by Crippen LogP contribution is -2.28. The second-order valence-corrected chi connectivity index (χ2v) is 6.16. The van der Waals surface area contributed by atoms with Crippen LogP contribution in [0.15, 0.2) is 30.3 Å². The number of hydrogen-bond donors (Lipinski definition) is 1. The van der Waals surface area contributed by atoms with Crippen LogP contribution in [0.2, 0.25) is 0 Å². The first kappa shape index (κ1) is 14.3. The van der Waals surface area contributed by atoms with Crippen LogP contribution in [0.1, 0.15) is 12.0 Å². The van der Waals surface area contributed by atoms with Gasteiger partial charge in [0.25, 0.3) is 0 Å². The van der Waals surface area contributed by atoms with E-state index in [2.05, 4.69) is 42.1 Å². The standard InChI is InChI=1S/C17H24N4/c1-20-8-7-13(11-20)12-21(2)17-9-14(10-18)15-5-3-4-6-16(15)19-17/h3-6,9,13H,7-8,10-12,18H2,1-2H3. The Hall–Kier alpha value is -1.65. The topological polar surface area (TPSA) is 45.4 Å². The molecule has 2 heterocycles. The molecule has 4 heteroatoms. The molecule has 2 aromatic rings. The Balaban J connectivity index is 1.85. The number of rotatable bonds is 4. The quantitative estimate of drug-likeness (QED) is 0.933. The highest BCUT2D eigenvalue weighted by molar-refractivity contribution is 5.84. The monoisotopic (exact) mass is 284 g/mol. The van der Waals surface area contributed by atoms with Crippen molar-refractivity contribution in [2.24, 2.45) is 11.7 Å². The molecule has 3 rings (SSSR count). The van der Waals surface area contributed by atoms with Crippen LogP contribution in [-0.4, -0.2) is 43.6 Å². The molecular formula is C17H24N4. The summed E-state index contributed by atoms with van der Waals surface area (Å²) in [5, 5.41) is 1.16. The SMILES string of the molecule is CN1CCC(CN(C)c2cc(CN)c3ccccc3n2)C1. The van der Waals surface area contributed by atoms with E-state index in [4.69, 9.17) is 10.7 Å². The Morgan fingerprint density at radius 2 is 2.19 bits per heavy atom. The number of anilines is 1. The van der Waals surface area contributed by atoms with Crippen LogP contribution in [0, 0.1) is 5.92 Å². The molecule has 4 nitrogen and oxygen atoms in total. The third kappa shape index (κ3) is 3.01. The van der Waals surface area contributed by atoms with Gasteiger partial charge in [-0.1, -0.05) is 18.2 Å². The summed E-state index contributed by atoms with van der Waals surface area (Å²) in [7, 11) is 4.33. The molecule has 1 unspecified atom stereocenters. The predicted octanol–water partition coefficient (Wildman–Crippen LogP) is 2.08. The normalized spacial score (nSPS) is 19.3. The zero-order valence-electron chi connectivity index (χ0n) is 12.9. The van der Waals surface area contributed by atoms with Crippen LogP contribution in [-0.2, 0) is 6.54 Å². The molecule has 1 saturated heterocycles. The fourth-order valence-electron chi connectivity index (χ4n) is 3.25. The van der Waals surface area contributed by atoms with Crippen LogP contribution < -0.4 is 10.6 Å². The number of hydrogen-bond acceptors (Lipinski definition) is 4. The fraction of sp³-hybridized carbons (Fsp3) is 0.471. The van der Waals surface area contributed by atoms with Crippen molar-refractivity contribution >= 4 is 16.7 Å². The van der Waals surface area contributed by atoms with Gasteiger partial charge in [0, 0.05) is 32.1 Å². The van der Waals surface area contributed by atoms with Gasteiger partial charge in [-0.05, 0) is 43.6 Å². The number of pyridine rings is 1. The van der Waals surface area contributed by atoms with Gasteiger partial charge in [0.15, 0.2) is 0 Å². The highest BCUT2D eigenvalue weighted by Gasteiger charge is 2.21. The smallest absolute Gasteiger partial charge is 0.129 e. The lowest BCUT2D eigenvalue weighted by atomic mass is 10.1. The van der Waals surface area contributed by atoms with E-state index < -0.39 is 0 Å². The lowest BCUT2D eigenvalue weighted by Gasteiger charge is -2.23. The third-order valence-electron chi connectivity index (χ3n) is 4.42. The fourth-order valence-corrected chi connectivity index (χ4v) is 3.25. The van der Waals surface area contributed by atoms with E-state index in [1.54, 1.807) is 0 Å². The maximum Gasteiger partial charge on any atom is 0.129 e. The van der Waals surface area contributed by atoms with E-state index in [9.17, 15) is 0 Å². The number of para-hydroxylation sites is 1. The van der Waals surface area contributed by atoms with Gasteiger partial charge in [0.05, 0.1) is 5.52 Å². The predicted molar refractivity (Wildman–Crippen MR) is 88.5 cm³/mol. The molecule has 0 aliphatic carbocycles. The molecule has 112 valence electrons. The Kier molecular flexibility index (Phi) is 4.08. The Bertz CT molecular complexity index is 625. The maximum atomic E-state index is 5.91. The summed E-state index contributed by atoms with van der Waals surface area (Å²) >= 11 is 0. The lowest BCUT2D eigenvalue weighted by molar-refractivity contribution is 0.395. The first-order valence-electron chi connectivity index (χ1n) is 7.66. The van der Waals surface area contributed by atoms with E-state index in [1.165, 1.54) is 25.1 Å². The molecule has 1 aliphatic rings. The van der Waals surface area contributed by atoms with Gasteiger partial charge >= 0.3 is 0 Å². The van der Waals surface area contributed by atoms with Gasteiger partial charge in [-0.15, -0.1) is 0 Å². The molecule has 2 N–H and O–H groups in total. The van der Waals surface area contributed by atoms with Gasteiger partial charge < -0.3 is 15.5 Å². The summed E-state index contributed by atoms with van der Waals surface area (Å²) < 4.78 is 0. The van der Waals surface area contributed by atoms with Crippen LogP contribution in [0.25, 0.3) is 10.9 Å². The summed E-state index contributed by atoms with van der Waals surface area (Å²) in [5.41, 5.74) is 8.12. The molecule has 0 radical (unpaired) electrons. The van der Waals surface area contributed by atoms with Crippen molar-refractivity contribution in [1.29, 1.82) is 0 Å². The molecule has 0 amide bonds. The summed E-state index contributed by atoms with van der Waals surface area (Å²) in [5.74, 6) is 1.76. The van der Waals surface area contributed by atoms with Gasteiger partial charge in [-0.3, -0.25) is 0 Å². The van der Waals surface area contributed by atoms with Crippen molar-refractivity contribution in [2.45, 2.75) is 13.0 Å². The van der Waals surface area contributed by atoms with Crippen LogP contribution in [0.4, 0.5) is 5.82 Å². The van der Waals surface area contributed by atoms with Crippen LogP contribution >= 0.6 is 0 Å². The van der Waals surface area contributed by atoms with Crippen molar-refractivity contribution in [3.63, 3.8) is 0 Å². The van der Waals surface area contributed by atoms with E-state index >= 15 is 0 Å². The molecule has 21 heavy (non-hydrogen) atoms. The Morgan fingerprint density at radius 1 is 1.38 bits per heavy atom. The molecule has 1 aromatic carbocycles. The summed E-state index contributed by atoms with van der Waals surface area (Å²) in [4.78, 5) is 9.48. The number of nitrogens with two attached hydrogens (primary N) is 1. The van der Waals surface area contributed by atoms with Crippen molar-refractivity contribution in [3.8, 4) is 0 Å². The van der Waals surface area contributed by atoms with Crippen LogP contribution in [0.3, 0.4) is 0 Å². The average Bonchev–Trinajstić information content (AvgIpc) is 2.91. The second-order valence-electron chi connectivity index (χ2n) is 6.16. The zero-order valence-corrected chi connectivity index (χ0v) is 12.9. The molecule has 1 atom stereocenters. The maximum absolute atomic E-state index is 5.91. The minimum Gasteiger partial charge on any atom is -0.359 e. The Morgan fingerprint density at radius 3 is 2.90 bits per heavy atom. The van der Waals surface area contributed by atoms with E-state index in [1.807, 2.05) is 12.1 Å². The van der Waals surface area contributed by atoms with E-state index in [0.29, 0.717) is 6.54 Å². The molecule has 0 spiro atoms. The molecular weight excluding hydrogens is 260 g/mol. The van der Waals surface area contributed by atoms with Crippen LogP contribution in [0.5, 0.6) is 0 Å². The number of fused-ring (bicyclic) bond motifs is 1. The third-order valence-corrected chi connectivity index (χ3v) is 4.42. The van der Waals surface area contributed by atoms with Crippen molar-refractivity contribution in [3.05, 3.63) is 35.9 Å². The molecule has 1 aliphatic heterocycles. The summed E-state index contributed by atoms with van der Waals surface area (Å²) in [6, 6.07) is 10.4. The highest BCUT2D eigenvalue weighted by atomic mass is 15.2. The zero-order chi connectivity index (χ0) is 14.8. The molecule has 0 bridgehead atoms. The average molecular weight is 284 g/mol. The molecule has 1 fully saturated rings. The Labute approximate surface area is 126 Å². The highest BCUT2D eigenvalue weighted by Crippen LogP contribution is 2.24. The number of likely N-dealkylation sites (tertiary alicyclic amines) is 1. The van der Waals surface area contributed by atoms with Crippen molar-refractivity contribution in [1.82, 2.24) is 9.88 Å². The first-order valence-corrected chi connectivity index (χ1v) is 7.66. The van der Waals surface area contributed by atoms with E-state index in [0.717, 1.165) is 29.2 Å². The number of benzene rings is 1. The first-order chi connectivity index (χ1) is 10.2. The summed E-state index contributed by atoms with van der Waals surface area (Å²) in [6.45, 7) is 4.00. The summed E-state index contributed by atoms with van der Waals surface area (Å²) in [6.07, 6.45) is 1.28. The number of nitrogens with zero attached hydrogens (tertiary/aromatic N) is 3. The molecule has 1 aromatic heterocycles. The largest absolute Gasteiger partial charge is 0.359 e. The van der Waals surface area contributed by atoms with Crippen molar-refractivity contribution in [2.75, 3.05) is 38.6 Å². The number of aromatic nitrogens is 1. The van der Waals surface area contributed by atoms with Gasteiger partial charge in [0.1, 0.15) is 5.82 Å². The van der Waals surface area contributed by atoms with E-state index in [-0.39, 0.29) is 0 Å². The second kappa shape index (κ2) is 6.00. The van der Waals surface area contributed by atoms with Gasteiger partial charge in [-0.25, -0.2) is 4.98 Å². The van der Waals surface area contributed by atoms with Crippen molar-refractivity contribution < 1.29 is 0 Å². The van der Waals surface area contributed by atoms with Gasteiger partial charge in [-0.2, -0.15) is 0 Å². The minimum atomic E-state index is 0.552.